The predicted octanol–water partition coefficient (Wildman–Crippen LogP) is 5.98. The third-order valence-corrected chi connectivity index (χ3v) is 6.32. The van der Waals surface area contributed by atoms with Gasteiger partial charge in [0.2, 0.25) is 0 Å². The molecule has 0 radical (unpaired) electrons. The molecule has 2 heterocycles. The molecular weight excluding hydrogens is 427 g/mol. The zero-order valence-electron chi connectivity index (χ0n) is 17.4. The van der Waals surface area contributed by atoms with Crippen molar-refractivity contribution in [1.82, 2.24) is 9.88 Å². The van der Waals surface area contributed by atoms with Crippen molar-refractivity contribution in [3.05, 3.63) is 101 Å². The van der Waals surface area contributed by atoms with Crippen molar-refractivity contribution < 1.29 is 19.0 Å². The molecule has 0 aliphatic carbocycles. The molecule has 1 aliphatic heterocycles. The summed E-state index contributed by atoms with van der Waals surface area (Å²) in [6.07, 6.45) is 5.76. The Balaban J connectivity index is 1.46. The number of ether oxygens (including phenoxy) is 1. The van der Waals surface area contributed by atoms with E-state index in [0.29, 0.717) is 18.8 Å². The molecule has 0 amide bonds. The highest BCUT2D eigenvalue weighted by atomic mass is 32.2. The first-order chi connectivity index (χ1) is 15.6. The number of carboxylic acid groups (broad SMARTS) is 1. The quantitative estimate of drug-likeness (QED) is 0.337. The lowest BCUT2D eigenvalue weighted by Gasteiger charge is -2.29. The van der Waals surface area contributed by atoms with Crippen molar-refractivity contribution in [2.24, 2.45) is 0 Å². The molecule has 0 saturated heterocycles. The molecule has 1 aromatic heterocycles. The van der Waals surface area contributed by atoms with Gasteiger partial charge in [0.25, 0.3) is 0 Å². The number of hydrogen-bond donors (Lipinski definition) is 1. The first kappa shape index (κ1) is 21.9. The Hall–Kier alpha value is -3.32. The van der Waals surface area contributed by atoms with Gasteiger partial charge in [0.1, 0.15) is 10.8 Å². The maximum atomic E-state index is 13.1. The topological polar surface area (TPSA) is 62.7 Å². The number of aromatic nitrogens is 1. The summed E-state index contributed by atoms with van der Waals surface area (Å²) in [4.78, 5) is 17.8. The van der Waals surface area contributed by atoms with Gasteiger partial charge < -0.3 is 14.7 Å². The van der Waals surface area contributed by atoms with Crippen molar-refractivity contribution in [3.8, 4) is 0 Å². The van der Waals surface area contributed by atoms with Gasteiger partial charge in [-0.05, 0) is 60.1 Å². The van der Waals surface area contributed by atoms with Crippen LogP contribution in [-0.4, -0.2) is 33.4 Å². The average molecular weight is 451 g/mol. The minimum atomic E-state index is -1.33. The molecule has 0 spiro atoms. The summed E-state index contributed by atoms with van der Waals surface area (Å²) in [5.41, 5.74) is 3.09. The third-order valence-electron chi connectivity index (χ3n) is 5.10. The minimum absolute atomic E-state index is 0.239. The summed E-state index contributed by atoms with van der Waals surface area (Å²) in [5.74, 6) is 0.884. The largest absolute Gasteiger partial charge is 0.511 e. The van der Waals surface area contributed by atoms with Gasteiger partial charge in [-0.15, -0.1) is 11.8 Å². The lowest BCUT2D eigenvalue weighted by molar-refractivity contribution is 0.119. The van der Waals surface area contributed by atoms with E-state index in [2.05, 4.69) is 22.0 Å². The van der Waals surface area contributed by atoms with Crippen molar-refractivity contribution in [1.29, 1.82) is 0 Å². The Bertz CT molecular complexity index is 1160. The van der Waals surface area contributed by atoms with Crippen LogP contribution in [0.4, 0.5) is 9.18 Å². The molecular formula is C25H23FN2O3S. The van der Waals surface area contributed by atoms with Gasteiger partial charge in [0.15, 0.2) is 5.76 Å². The Morgan fingerprint density at radius 3 is 2.78 bits per heavy atom. The molecule has 1 N–H and O–H groups in total. The second-order valence-electron chi connectivity index (χ2n) is 7.43. The van der Waals surface area contributed by atoms with Crippen molar-refractivity contribution in [2.75, 3.05) is 12.3 Å². The molecule has 7 heteroatoms. The Morgan fingerprint density at radius 1 is 1.16 bits per heavy atom. The lowest BCUT2D eigenvalue weighted by atomic mass is 10.1. The van der Waals surface area contributed by atoms with Crippen LogP contribution in [0.2, 0.25) is 0 Å². The zero-order chi connectivity index (χ0) is 22.3. The number of carbonyl (C=O) groups is 1. The number of aryl methyl sites for hydroxylation is 1. The van der Waals surface area contributed by atoms with E-state index in [-0.39, 0.29) is 5.82 Å². The summed E-state index contributed by atoms with van der Waals surface area (Å²) in [7, 11) is 0. The number of benzene rings is 2. The van der Waals surface area contributed by atoms with Gasteiger partial charge >= 0.3 is 6.16 Å². The Labute approximate surface area is 190 Å². The summed E-state index contributed by atoms with van der Waals surface area (Å²) in [6, 6.07) is 16.6. The van der Waals surface area contributed by atoms with E-state index in [4.69, 9.17) is 9.84 Å². The molecule has 0 bridgehead atoms. The maximum Gasteiger partial charge on any atom is 0.511 e. The molecule has 4 rings (SSSR count). The monoisotopic (exact) mass is 450 g/mol. The predicted molar refractivity (Wildman–Crippen MR) is 125 cm³/mol. The van der Waals surface area contributed by atoms with Crippen LogP contribution in [0.25, 0.3) is 10.9 Å². The fraction of sp³-hybridized carbons (Fsp3) is 0.200. The number of thioether (sulfide) groups is 1. The average Bonchev–Trinajstić information content (AvgIpc) is 2.79. The first-order valence-electron chi connectivity index (χ1n) is 10.4. The van der Waals surface area contributed by atoms with Gasteiger partial charge in [0, 0.05) is 24.7 Å². The van der Waals surface area contributed by atoms with Crippen LogP contribution in [0.3, 0.4) is 0 Å². The highest BCUT2D eigenvalue weighted by molar-refractivity contribution is 8.03. The fourth-order valence-electron chi connectivity index (χ4n) is 3.59. The molecule has 0 fully saturated rings. The molecule has 3 aromatic rings. The van der Waals surface area contributed by atoms with Gasteiger partial charge in [-0.1, -0.05) is 36.4 Å². The smallest absolute Gasteiger partial charge is 0.449 e. The molecule has 5 nitrogen and oxygen atoms in total. The number of pyridine rings is 1. The summed E-state index contributed by atoms with van der Waals surface area (Å²) < 4.78 is 18.1. The van der Waals surface area contributed by atoms with Crippen LogP contribution >= 0.6 is 11.8 Å². The first-order valence-corrected chi connectivity index (χ1v) is 11.3. The summed E-state index contributed by atoms with van der Waals surface area (Å²) >= 11 is 1.58. The molecule has 0 unspecified atom stereocenters. The standard InChI is InChI=1S/C25H23FN2O3S/c26-21-11-8-18(9-12-21)4-3-15-32-24-23(31-25(29)30)6-2-14-28(24)17-19-7-10-20-5-1-13-27-22(20)16-19/h1-2,5-13,16H,3-4,14-15,17H2,(H,29,30). The van der Waals surface area contributed by atoms with Gasteiger partial charge in [-0.25, -0.2) is 9.18 Å². The fourth-order valence-corrected chi connectivity index (χ4v) is 4.65. The molecule has 164 valence electrons. The van der Waals surface area contributed by atoms with Crippen molar-refractivity contribution in [3.63, 3.8) is 0 Å². The van der Waals surface area contributed by atoms with Gasteiger partial charge in [-0.2, -0.15) is 0 Å². The minimum Gasteiger partial charge on any atom is -0.449 e. The number of rotatable bonds is 8. The second kappa shape index (κ2) is 10.3. The van der Waals surface area contributed by atoms with E-state index in [1.165, 1.54) is 12.1 Å². The summed E-state index contributed by atoms with van der Waals surface area (Å²) in [5, 5.41) is 11.0. The number of fused-ring (bicyclic) bond motifs is 1. The highest BCUT2D eigenvalue weighted by Gasteiger charge is 2.21. The van der Waals surface area contributed by atoms with E-state index in [9.17, 15) is 9.18 Å². The van der Waals surface area contributed by atoms with Crippen LogP contribution < -0.4 is 0 Å². The number of allylic oxidation sites excluding steroid dienone is 1. The van der Waals surface area contributed by atoms with E-state index >= 15 is 0 Å². The molecule has 2 aromatic carbocycles. The third kappa shape index (κ3) is 5.68. The van der Waals surface area contributed by atoms with Crippen molar-refractivity contribution in [2.45, 2.75) is 19.4 Å². The van der Waals surface area contributed by atoms with Crippen LogP contribution in [0, 0.1) is 5.82 Å². The van der Waals surface area contributed by atoms with Crippen molar-refractivity contribution >= 4 is 28.8 Å². The second-order valence-corrected chi connectivity index (χ2v) is 8.51. The van der Waals surface area contributed by atoms with E-state index < -0.39 is 6.16 Å². The molecule has 0 saturated carbocycles. The Morgan fingerprint density at radius 2 is 1.97 bits per heavy atom. The number of nitrogens with zero attached hydrogens (tertiary/aromatic N) is 2. The zero-order valence-corrected chi connectivity index (χ0v) is 18.2. The lowest BCUT2D eigenvalue weighted by Crippen LogP contribution is -2.26. The molecule has 0 atom stereocenters. The molecule has 32 heavy (non-hydrogen) atoms. The summed E-state index contributed by atoms with van der Waals surface area (Å²) in [6.45, 7) is 1.27. The van der Waals surface area contributed by atoms with Gasteiger partial charge in [0.05, 0.1) is 5.52 Å². The van der Waals surface area contributed by atoms with E-state index in [0.717, 1.165) is 45.7 Å². The Kier molecular flexibility index (Phi) is 7.07. The molecule has 1 aliphatic rings. The number of halogens is 1. The van der Waals surface area contributed by atoms with Crippen LogP contribution in [0.5, 0.6) is 0 Å². The number of hydrogen-bond acceptors (Lipinski definition) is 5. The maximum absolute atomic E-state index is 13.1. The highest BCUT2D eigenvalue weighted by Crippen LogP contribution is 2.31. The van der Waals surface area contributed by atoms with Crippen LogP contribution in [0.1, 0.15) is 17.5 Å². The van der Waals surface area contributed by atoms with Crippen LogP contribution in [-0.2, 0) is 17.7 Å². The SMILES string of the molecule is O=C(O)OC1=C(SCCCc2ccc(F)cc2)N(Cc2ccc3cccnc3c2)CC=C1. The van der Waals surface area contributed by atoms with E-state index in [1.54, 1.807) is 36.2 Å². The normalized spacial score (nSPS) is 13.6. The van der Waals surface area contributed by atoms with Crippen LogP contribution in [0.15, 0.2) is 83.7 Å². The van der Waals surface area contributed by atoms with Gasteiger partial charge in [-0.3, -0.25) is 4.98 Å². The van der Waals surface area contributed by atoms with E-state index in [1.807, 2.05) is 24.3 Å².